The summed E-state index contributed by atoms with van der Waals surface area (Å²) < 4.78 is 5.00. The molecule has 0 bridgehead atoms. The van der Waals surface area contributed by atoms with Crippen molar-refractivity contribution in [3.8, 4) is 5.88 Å². The molecule has 6 nitrogen and oxygen atoms in total. The lowest BCUT2D eigenvalue weighted by molar-refractivity contribution is 0.399. The molecule has 0 radical (unpaired) electrons. The van der Waals surface area contributed by atoms with Gasteiger partial charge in [0, 0.05) is 13.2 Å². The quantitative estimate of drug-likeness (QED) is 0.468. The summed E-state index contributed by atoms with van der Waals surface area (Å²) in [4.78, 5) is 4.17. The van der Waals surface area contributed by atoms with Crippen molar-refractivity contribution >= 4 is 11.4 Å². The Morgan fingerprint density at radius 2 is 2.20 bits per heavy atom. The topological polar surface area (TPSA) is 103 Å². The van der Waals surface area contributed by atoms with E-state index in [0.29, 0.717) is 23.0 Å². The molecule has 0 spiro atoms. The van der Waals surface area contributed by atoms with Gasteiger partial charge in [-0.3, -0.25) is 0 Å². The van der Waals surface area contributed by atoms with Gasteiger partial charge >= 0.3 is 0 Å². The van der Waals surface area contributed by atoms with Crippen molar-refractivity contribution < 1.29 is 4.74 Å². The molecule has 0 aliphatic carbocycles. The van der Waals surface area contributed by atoms with Crippen LogP contribution in [0.15, 0.2) is 18.3 Å². The number of hydrogen-bond donors (Lipinski definition) is 3. The first-order chi connectivity index (χ1) is 7.10. The fourth-order valence-corrected chi connectivity index (χ4v) is 1.14. The molecular weight excluding hydrogens is 194 g/mol. The highest BCUT2D eigenvalue weighted by molar-refractivity contribution is 5.63. The second-order valence-corrected chi connectivity index (χ2v) is 2.96. The van der Waals surface area contributed by atoms with Crippen LogP contribution >= 0.6 is 0 Å². The summed E-state index contributed by atoms with van der Waals surface area (Å²) in [7, 11) is 3.17. The number of rotatable bonds is 3. The number of nitrogens with two attached hydrogens (primary N) is 3. The molecule has 0 fully saturated rings. The minimum atomic E-state index is 0.355. The number of nitrogens with zero attached hydrogens (tertiary/aromatic N) is 2. The zero-order valence-electron chi connectivity index (χ0n) is 8.77. The fraction of sp³-hybridized carbons (Fsp3) is 0.222. The number of nitrogen functional groups attached to an aromatic ring is 1. The van der Waals surface area contributed by atoms with Crippen molar-refractivity contribution in [2.75, 3.05) is 19.9 Å². The van der Waals surface area contributed by atoms with Gasteiger partial charge in [-0.05, 0) is 12.1 Å². The van der Waals surface area contributed by atoms with Crippen LogP contribution in [0.1, 0.15) is 5.69 Å². The first-order valence-corrected chi connectivity index (χ1v) is 4.31. The number of ether oxygens (including phenoxy) is 1. The molecule has 6 heteroatoms. The van der Waals surface area contributed by atoms with Gasteiger partial charge in [0.05, 0.1) is 24.2 Å². The van der Waals surface area contributed by atoms with Gasteiger partial charge in [-0.1, -0.05) is 0 Å². The van der Waals surface area contributed by atoms with Gasteiger partial charge in [0.2, 0.25) is 5.88 Å². The SMILES string of the molecule is COc1nc(/C(=C/N)N(C)N)ccc1N. The Bertz CT molecular complexity index is 375. The van der Waals surface area contributed by atoms with E-state index in [1.807, 2.05) is 0 Å². The van der Waals surface area contributed by atoms with Crippen LogP contribution < -0.4 is 22.0 Å². The summed E-state index contributed by atoms with van der Waals surface area (Å²) in [6, 6.07) is 3.41. The molecule has 6 N–H and O–H groups in total. The van der Waals surface area contributed by atoms with Crippen molar-refractivity contribution in [3.05, 3.63) is 24.0 Å². The maximum atomic E-state index is 5.63. The van der Waals surface area contributed by atoms with Gasteiger partial charge in [-0.15, -0.1) is 0 Å². The van der Waals surface area contributed by atoms with Gasteiger partial charge in [-0.2, -0.15) is 0 Å². The minimum Gasteiger partial charge on any atom is -0.480 e. The van der Waals surface area contributed by atoms with Crippen LogP contribution in [0.3, 0.4) is 0 Å². The lowest BCUT2D eigenvalue weighted by Gasteiger charge is -2.16. The smallest absolute Gasteiger partial charge is 0.237 e. The zero-order valence-corrected chi connectivity index (χ0v) is 8.77. The Kier molecular flexibility index (Phi) is 3.35. The molecule has 0 saturated carbocycles. The first kappa shape index (κ1) is 11.1. The molecule has 0 aliphatic heterocycles. The lowest BCUT2D eigenvalue weighted by Crippen LogP contribution is -2.25. The van der Waals surface area contributed by atoms with E-state index in [-0.39, 0.29) is 0 Å². The normalized spacial score (nSPS) is 11.3. The third kappa shape index (κ3) is 2.29. The largest absolute Gasteiger partial charge is 0.480 e. The summed E-state index contributed by atoms with van der Waals surface area (Å²) in [6.07, 6.45) is 1.37. The Labute approximate surface area is 88.3 Å². The summed E-state index contributed by atoms with van der Waals surface area (Å²) in [6.45, 7) is 0. The van der Waals surface area contributed by atoms with E-state index in [0.717, 1.165) is 0 Å². The third-order valence-corrected chi connectivity index (χ3v) is 1.88. The van der Waals surface area contributed by atoms with Crippen LogP contribution in [0.4, 0.5) is 5.69 Å². The molecule has 82 valence electrons. The highest BCUT2D eigenvalue weighted by Gasteiger charge is 2.08. The molecule has 0 unspecified atom stereocenters. The van der Waals surface area contributed by atoms with Crippen LogP contribution in [-0.4, -0.2) is 24.2 Å². The Morgan fingerprint density at radius 1 is 1.53 bits per heavy atom. The first-order valence-electron chi connectivity index (χ1n) is 4.31. The van der Waals surface area contributed by atoms with E-state index in [9.17, 15) is 0 Å². The number of pyridine rings is 1. The highest BCUT2D eigenvalue weighted by atomic mass is 16.5. The van der Waals surface area contributed by atoms with Crippen LogP contribution in [0.5, 0.6) is 5.88 Å². The van der Waals surface area contributed by atoms with E-state index in [4.69, 9.17) is 22.0 Å². The van der Waals surface area contributed by atoms with Crippen molar-refractivity contribution in [2.45, 2.75) is 0 Å². The minimum absolute atomic E-state index is 0.355. The summed E-state index contributed by atoms with van der Waals surface area (Å²) >= 11 is 0. The van der Waals surface area contributed by atoms with Gasteiger partial charge in [0.25, 0.3) is 0 Å². The summed E-state index contributed by atoms with van der Waals surface area (Å²) in [5, 5.41) is 1.37. The van der Waals surface area contributed by atoms with Gasteiger partial charge < -0.3 is 21.2 Å². The zero-order chi connectivity index (χ0) is 11.4. The summed E-state index contributed by atoms with van der Waals surface area (Å²) in [5.74, 6) is 5.94. The lowest BCUT2D eigenvalue weighted by atomic mass is 10.2. The molecule has 1 aromatic heterocycles. The number of aromatic nitrogens is 1. The van der Waals surface area contributed by atoms with E-state index < -0.39 is 0 Å². The maximum Gasteiger partial charge on any atom is 0.237 e. The third-order valence-electron chi connectivity index (χ3n) is 1.88. The molecule has 1 aromatic rings. The average molecular weight is 209 g/mol. The average Bonchev–Trinajstić information content (AvgIpc) is 2.21. The van der Waals surface area contributed by atoms with Gasteiger partial charge in [-0.25, -0.2) is 10.8 Å². The molecule has 15 heavy (non-hydrogen) atoms. The molecular formula is C9H15N5O. The van der Waals surface area contributed by atoms with Crippen molar-refractivity contribution in [1.82, 2.24) is 9.99 Å². The maximum absolute atomic E-state index is 5.63. The molecule has 0 atom stereocenters. The molecule has 0 amide bonds. The molecule has 0 saturated heterocycles. The second-order valence-electron chi connectivity index (χ2n) is 2.96. The van der Waals surface area contributed by atoms with Crippen LogP contribution in [-0.2, 0) is 0 Å². The Morgan fingerprint density at radius 3 is 2.67 bits per heavy atom. The van der Waals surface area contributed by atoms with Crippen LogP contribution in [0, 0.1) is 0 Å². The molecule has 0 aromatic carbocycles. The second kappa shape index (κ2) is 4.52. The van der Waals surface area contributed by atoms with Gasteiger partial charge in [0.1, 0.15) is 0 Å². The van der Waals surface area contributed by atoms with Crippen LogP contribution in [0.25, 0.3) is 5.70 Å². The molecule has 1 rings (SSSR count). The highest BCUT2D eigenvalue weighted by Crippen LogP contribution is 2.21. The van der Waals surface area contributed by atoms with Crippen molar-refractivity contribution in [1.29, 1.82) is 0 Å². The molecule has 1 heterocycles. The van der Waals surface area contributed by atoms with Crippen molar-refractivity contribution in [2.24, 2.45) is 11.6 Å². The standard InChI is InChI=1S/C9H15N5O/c1-14(12)8(5-10)7-4-3-6(11)9(13-7)15-2/h3-5H,10-12H2,1-2H3/b8-5-. The molecule has 0 aliphatic rings. The monoisotopic (exact) mass is 209 g/mol. The number of hydrazine groups is 1. The van der Waals surface area contributed by atoms with Crippen LogP contribution in [0.2, 0.25) is 0 Å². The van der Waals surface area contributed by atoms with Gasteiger partial charge in [0.15, 0.2) is 0 Å². The predicted molar refractivity (Wildman–Crippen MR) is 59.3 cm³/mol. The fourth-order valence-electron chi connectivity index (χ4n) is 1.14. The summed E-state index contributed by atoms with van der Waals surface area (Å²) in [5.41, 5.74) is 12.7. The van der Waals surface area contributed by atoms with E-state index in [1.165, 1.54) is 18.3 Å². The number of methoxy groups -OCH3 is 1. The van der Waals surface area contributed by atoms with Crippen molar-refractivity contribution in [3.63, 3.8) is 0 Å². The Hall–Kier alpha value is -1.95. The number of hydrogen-bond acceptors (Lipinski definition) is 6. The predicted octanol–water partition coefficient (Wildman–Crippen LogP) is -0.265. The van der Waals surface area contributed by atoms with E-state index >= 15 is 0 Å². The number of anilines is 1. The van der Waals surface area contributed by atoms with E-state index in [2.05, 4.69) is 4.98 Å². The van der Waals surface area contributed by atoms with E-state index in [1.54, 1.807) is 19.2 Å². The Balaban J connectivity index is 3.15.